The zero-order chi connectivity index (χ0) is 40.5. The summed E-state index contributed by atoms with van der Waals surface area (Å²) in [7, 11) is 0. The predicted octanol–water partition coefficient (Wildman–Crippen LogP) is 17.4. The second kappa shape index (κ2) is 12.7. The Kier molecular flexibility index (Phi) is 6.86. The number of fused-ring (bicyclic) bond motifs is 9. The van der Waals surface area contributed by atoms with Crippen molar-refractivity contribution in [2.24, 2.45) is 0 Å². The summed E-state index contributed by atoms with van der Waals surface area (Å²) in [6, 6.07) is 75.0. The first-order valence-electron chi connectivity index (χ1n) is 21.3. The van der Waals surface area contributed by atoms with Crippen LogP contribution in [-0.4, -0.2) is 0 Å². The molecule has 0 spiro atoms. The molecule has 0 fully saturated rings. The monoisotopic (exact) mass is 786 g/mol. The van der Waals surface area contributed by atoms with Crippen molar-refractivity contribution in [2.75, 3.05) is 0 Å². The third kappa shape index (κ3) is 4.69. The van der Waals surface area contributed by atoms with Crippen molar-refractivity contribution in [3.8, 4) is 44.5 Å². The molecule has 0 aliphatic carbocycles. The van der Waals surface area contributed by atoms with Crippen molar-refractivity contribution in [1.82, 2.24) is 0 Å². The molecule has 2 heterocycles. The average Bonchev–Trinajstić information content (AvgIpc) is 3.93. The van der Waals surface area contributed by atoms with Crippen LogP contribution in [-0.2, 0) is 0 Å². The van der Waals surface area contributed by atoms with Crippen LogP contribution in [0.4, 0.5) is 0 Å². The number of benzene rings is 12. The van der Waals surface area contributed by atoms with Gasteiger partial charge >= 0.3 is 0 Å². The summed E-state index contributed by atoms with van der Waals surface area (Å²) in [6.07, 6.45) is 0. The van der Waals surface area contributed by atoms with Crippen LogP contribution in [0.3, 0.4) is 0 Å². The minimum Gasteiger partial charge on any atom is -0.456 e. The summed E-state index contributed by atoms with van der Waals surface area (Å²) in [5.41, 5.74) is 13.0. The Bertz CT molecular complexity index is 4140. The van der Waals surface area contributed by atoms with Crippen LogP contribution in [0.15, 0.2) is 215 Å². The number of furan rings is 2. The molecule has 0 aliphatic rings. The number of hydrogen-bond acceptors (Lipinski definition) is 2. The zero-order valence-electron chi connectivity index (χ0n) is 33.4. The Morgan fingerprint density at radius 2 is 0.710 bits per heavy atom. The molecule has 286 valence electrons. The normalized spacial score (nSPS) is 12.2. The molecule has 0 atom stereocenters. The van der Waals surface area contributed by atoms with Crippen LogP contribution < -0.4 is 0 Å². The van der Waals surface area contributed by atoms with E-state index in [1.807, 2.05) is 6.07 Å². The SMILES string of the molecule is c1ccc2c(-c3ccc(-c4ccc(-c5ccc6ccc7c(-c8cccc9oc%10ccccc%10c89)ccc8ccc5c6c87)c5c4oc4c6ccccc6ccc45)cc3)cccc2c1. The Morgan fingerprint density at radius 3 is 1.47 bits per heavy atom. The minimum atomic E-state index is 0.903. The van der Waals surface area contributed by atoms with Gasteiger partial charge in [0, 0.05) is 32.5 Å². The predicted molar refractivity (Wildman–Crippen MR) is 261 cm³/mol. The molecule has 12 aromatic carbocycles. The van der Waals surface area contributed by atoms with Crippen LogP contribution in [0.25, 0.3) is 142 Å². The Labute approximate surface area is 355 Å². The van der Waals surface area contributed by atoms with Crippen LogP contribution in [0.1, 0.15) is 0 Å². The molecule has 14 aromatic rings. The standard InChI is InChI=1S/C60H34O2/c1-3-12-41-35(9-1)11-7-15-42(41)37-19-21-38(22-20-37)44-33-34-50(58-52-32-23-36-10-2-4-13-43(36)59(52)62-60(44)58)46-29-25-40-26-30-48-45(28-24-39-27-31-49(46)56(40)55(39)48)47-16-8-18-54-57(47)51-14-5-6-17-53(51)61-54/h1-34H. The van der Waals surface area contributed by atoms with Crippen LogP contribution in [0.2, 0.25) is 0 Å². The van der Waals surface area contributed by atoms with Gasteiger partial charge in [0.25, 0.3) is 0 Å². The molecule has 62 heavy (non-hydrogen) atoms. The van der Waals surface area contributed by atoms with Crippen molar-refractivity contribution < 1.29 is 8.83 Å². The maximum Gasteiger partial charge on any atom is 0.143 e. The Balaban J connectivity index is 1.00. The van der Waals surface area contributed by atoms with E-state index in [-0.39, 0.29) is 0 Å². The Morgan fingerprint density at radius 1 is 0.210 bits per heavy atom. The lowest BCUT2D eigenvalue weighted by molar-refractivity contribution is 0.669. The Hall–Kier alpha value is -8.20. The second-order valence-corrected chi connectivity index (χ2v) is 16.7. The number of para-hydroxylation sites is 1. The van der Waals surface area contributed by atoms with E-state index in [0.29, 0.717) is 0 Å². The highest BCUT2D eigenvalue weighted by Crippen LogP contribution is 2.49. The van der Waals surface area contributed by atoms with Gasteiger partial charge in [-0.15, -0.1) is 0 Å². The fourth-order valence-corrected chi connectivity index (χ4v) is 10.6. The van der Waals surface area contributed by atoms with Crippen LogP contribution in [0.5, 0.6) is 0 Å². The highest BCUT2D eigenvalue weighted by atomic mass is 16.3. The molecule has 0 bridgehead atoms. The van der Waals surface area contributed by atoms with Gasteiger partial charge in [-0.2, -0.15) is 0 Å². The van der Waals surface area contributed by atoms with E-state index < -0.39 is 0 Å². The fraction of sp³-hybridized carbons (Fsp3) is 0. The average molecular weight is 787 g/mol. The lowest BCUT2D eigenvalue weighted by atomic mass is 9.85. The van der Waals surface area contributed by atoms with Gasteiger partial charge in [0.05, 0.1) is 0 Å². The van der Waals surface area contributed by atoms with Gasteiger partial charge in [-0.05, 0) is 112 Å². The maximum absolute atomic E-state index is 7.13. The van der Waals surface area contributed by atoms with E-state index in [4.69, 9.17) is 8.83 Å². The van der Waals surface area contributed by atoms with Crippen molar-refractivity contribution in [3.63, 3.8) is 0 Å². The topological polar surface area (TPSA) is 26.3 Å². The number of rotatable bonds is 4. The van der Waals surface area contributed by atoms with E-state index in [9.17, 15) is 0 Å². The molecule has 0 unspecified atom stereocenters. The van der Waals surface area contributed by atoms with E-state index in [1.165, 1.54) is 76.3 Å². The molecule has 0 N–H and O–H groups in total. The highest BCUT2D eigenvalue weighted by Gasteiger charge is 2.22. The first kappa shape index (κ1) is 33.6. The molecule has 2 heteroatoms. The van der Waals surface area contributed by atoms with Gasteiger partial charge < -0.3 is 8.83 Å². The summed E-state index contributed by atoms with van der Waals surface area (Å²) in [5, 5.41) is 16.8. The molecule has 2 nitrogen and oxygen atoms in total. The van der Waals surface area contributed by atoms with Gasteiger partial charge in [0.1, 0.15) is 22.3 Å². The van der Waals surface area contributed by atoms with Crippen molar-refractivity contribution in [1.29, 1.82) is 0 Å². The smallest absolute Gasteiger partial charge is 0.143 e. The van der Waals surface area contributed by atoms with Gasteiger partial charge in [0.2, 0.25) is 0 Å². The first-order valence-corrected chi connectivity index (χ1v) is 21.3. The third-order valence-corrected chi connectivity index (χ3v) is 13.5. The van der Waals surface area contributed by atoms with Gasteiger partial charge in [-0.1, -0.05) is 182 Å². The lowest BCUT2D eigenvalue weighted by Gasteiger charge is -2.17. The van der Waals surface area contributed by atoms with Crippen molar-refractivity contribution >= 4 is 97.7 Å². The third-order valence-electron chi connectivity index (χ3n) is 13.5. The summed E-state index contributed by atoms with van der Waals surface area (Å²) in [6.45, 7) is 0. The first-order chi connectivity index (χ1) is 30.7. The molecule has 0 saturated carbocycles. The molecule has 0 amide bonds. The molecule has 0 aliphatic heterocycles. The summed E-state index contributed by atoms with van der Waals surface area (Å²) < 4.78 is 13.5. The summed E-state index contributed by atoms with van der Waals surface area (Å²) >= 11 is 0. The van der Waals surface area contributed by atoms with Crippen LogP contribution in [0, 0.1) is 0 Å². The van der Waals surface area contributed by atoms with Gasteiger partial charge in [0.15, 0.2) is 0 Å². The molecule has 14 rings (SSSR count). The molecule has 0 radical (unpaired) electrons. The van der Waals surface area contributed by atoms with Gasteiger partial charge in [-0.25, -0.2) is 0 Å². The van der Waals surface area contributed by atoms with Gasteiger partial charge in [-0.3, -0.25) is 0 Å². The van der Waals surface area contributed by atoms with Crippen molar-refractivity contribution in [2.45, 2.75) is 0 Å². The quantitative estimate of drug-likeness (QED) is 0.166. The minimum absolute atomic E-state index is 0.903. The second-order valence-electron chi connectivity index (χ2n) is 16.7. The molecular weight excluding hydrogens is 753 g/mol. The zero-order valence-corrected chi connectivity index (χ0v) is 33.4. The van der Waals surface area contributed by atoms with E-state index in [1.54, 1.807) is 0 Å². The molecule has 0 saturated heterocycles. The number of hydrogen-bond donors (Lipinski definition) is 0. The summed E-state index contributed by atoms with van der Waals surface area (Å²) in [5.74, 6) is 0. The largest absolute Gasteiger partial charge is 0.456 e. The maximum atomic E-state index is 7.13. The van der Waals surface area contributed by atoms with Crippen LogP contribution >= 0.6 is 0 Å². The fourth-order valence-electron chi connectivity index (χ4n) is 10.6. The summed E-state index contributed by atoms with van der Waals surface area (Å²) in [4.78, 5) is 0. The molecular formula is C60H34O2. The van der Waals surface area contributed by atoms with E-state index >= 15 is 0 Å². The molecule has 2 aromatic heterocycles. The lowest BCUT2D eigenvalue weighted by Crippen LogP contribution is -1.90. The van der Waals surface area contributed by atoms with Crippen molar-refractivity contribution in [3.05, 3.63) is 206 Å². The van der Waals surface area contributed by atoms with E-state index in [2.05, 4.69) is 200 Å². The highest BCUT2D eigenvalue weighted by molar-refractivity contribution is 6.30. The van der Waals surface area contributed by atoms with E-state index in [0.717, 1.165) is 66.0 Å².